The third-order valence-electron chi connectivity index (χ3n) is 22.2. The van der Waals surface area contributed by atoms with E-state index in [0.717, 1.165) is 232 Å². The molecule has 0 saturated heterocycles. The number of hydrogen-bond donors (Lipinski definition) is 0. The Bertz CT molecular complexity index is 6000. The second-order valence-corrected chi connectivity index (χ2v) is 27.9. The van der Waals surface area contributed by atoms with E-state index in [-0.39, 0.29) is 0 Å². The molecule has 12 aromatic carbocycles. The van der Waals surface area contributed by atoms with Gasteiger partial charge in [0.05, 0.1) is 90.0 Å². The van der Waals surface area contributed by atoms with E-state index in [9.17, 15) is 0 Å². The maximum absolute atomic E-state index is 5.04. The summed E-state index contributed by atoms with van der Waals surface area (Å²) in [6, 6.07) is 53.5. The van der Waals surface area contributed by atoms with Crippen LogP contribution in [0.1, 0.15) is 44.5 Å². The van der Waals surface area contributed by atoms with Gasteiger partial charge in [0.25, 0.3) is 0 Å². The summed E-state index contributed by atoms with van der Waals surface area (Å²) in [4.78, 5) is 76.5. The van der Waals surface area contributed by atoms with E-state index in [1.165, 1.54) is 0 Å². The largest absolute Gasteiger partial charge is 0.309 e. The Morgan fingerprint density at radius 1 is 0.185 bits per heavy atom. The molecule has 0 atom stereocenters. The van der Waals surface area contributed by atoms with Gasteiger partial charge in [-0.2, -0.15) is 0 Å². The molecule has 514 valence electrons. The van der Waals surface area contributed by atoms with Crippen LogP contribution in [0.15, 0.2) is 246 Å². The first-order chi connectivity index (χ1) is 52.9. The quantitative estimate of drug-likeness (QED) is 0.105. The van der Waals surface area contributed by atoms with Crippen LogP contribution in [0.5, 0.6) is 0 Å². The second-order valence-electron chi connectivity index (χ2n) is 27.9. The molecule has 20 aromatic rings. The Hall–Kier alpha value is -14.3. The maximum atomic E-state index is 5.04. The van der Waals surface area contributed by atoms with Gasteiger partial charge in [0.2, 0.25) is 0 Å². The van der Waals surface area contributed by atoms with Crippen molar-refractivity contribution >= 4 is 188 Å². The first kappa shape index (κ1) is 63.4. The van der Waals surface area contributed by atoms with Crippen LogP contribution in [0.3, 0.4) is 0 Å². The van der Waals surface area contributed by atoms with Crippen molar-refractivity contribution in [1.29, 1.82) is 0 Å². The van der Waals surface area contributed by atoms with Crippen molar-refractivity contribution in [1.82, 2.24) is 69.8 Å². The number of anilines is 12. The summed E-state index contributed by atoms with van der Waals surface area (Å²) in [7, 11) is 0. The molecule has 0 aliphatic carbocycles. The molecule has 0 aliphatic rings. The number of fused-ring (bicyclic) bond motifs is 8. The van der Waals surface area contributed by atoms with Crippen LogP contribution in [0.25, 0.3) is 119 Å². The van der Waals surface area contributed by atoms with Crippen molar-refractivity contribution < 1.29 is 0 Å². The molecule has 18 heteroatoms. The van der Waals surface area contributed by atoms with Gasteiger partial charge in [-0.05, 0) is 220 Å². The molecule has 0 saturated carbocycles. The first-order valence-corrected chi connectivity index (χ1v) is 35.8. The molecule has 0 aliphatic heterocycles. The van der Waals surface area contributed by atoms with E-state index in [1.54, 1.807) is 38.0 Å². The summed E-state index contributed by atoms with van der Waals surface area (Å²) in [5.74, 6) is 0. The van der Waals surface area contributed by atoms with Crippen molar-refractivity contribution in [2.24, 2.45) is 0 Å². The number of aromatic nitrogens is 14. The predicted molar refractivity (Wildman–Crippen MR) is 436 cm³/mol. The molecule has 0 bridgehead atoms. The molecule has 108 heavy (non-hydrogen) atoms. The first-order valence-electron chi connectivity index (χ1n) is 35.8. The molecule has 8 heterocycles. The Morgan fingerprint density at radius 2 is 0.389 bits per heavy atom. The summed E-state index contributed by atoms with van der Waals surface area (Å²) in [5.41, 5.74) is 24.0. The summed E-state index contributed by atoms with van der Waals surface area (Å²) >= 11 is 0. The standard InChI is InChI=1S/C90H64N18/c1-49-65-29-31-91-35-57(65)9-21-71(49)105(73-23-11-59-37-93-43-99-85(59)51(73)3)79-33-80(106(72-22-10-58-36-92-32-30-66(58)50(72)2)74-24-12-60-38-94-44-100-86(60)52(74)4)68-18-20-70-82(108(77-27-15-63-41-97-47-103-89(63)55(77)7)78-28-16-64-42-98-48-104-90(64)56(78)8)34-81(69-19-17-67(79)83(68)84(69)70)107(75-25-13-61-39-95-45-101-87(61)53(75)5)76-26-14-62-40-96-46-102-88(62)54(76)6/h9-48H,1-8H3. The second kappa shape index (κ2) is 24.7. The van der Waals surface area contributed by atoms with Gasteiger partial charge in [-0.3, -0.25) is 9.97 Å². The SMILES string of the molecule is Cc1c(N(c2ccc3cncnc3c2C)c2cc(N(c3ccc4cnccc4c3C)c3ccc4cncnc4c3C)c3ccc4c(N(c5ccc6cncnc6c5C)c5ccc6cncnc6c5C)cc(N(c5ccc6cncnc6c5C)c5ccc6cncnc6c5C)c5ccc2c3c54)ccc2cnccc12. The highest BCUT2D eigenvalue weighted by Gasteiger charge is 2.34. The van der Waals surface area contributed by atoms with Crippen molar-refractivity contribution in [3.05, 3.63) is 290 Å². The van der Waals surface area contributed by atoms with E-state index >= 15 is 0 Å². The third kappa shape index (κ3) is 9.65. The van der Waals surface area contributed by atoms with Gasteiger partial charge >= 0.3 is 0 Å². The summed E-state index contributed by atoms with van der Waals surface area (Å²) in [5, 5.41) is 15.7. The van der Waals surface area contributed by atoms with Crippen LogP contribution in [-0.2, 0) is 0 Å². The van der Waals surface area contributed by atoms with Crippen molar-refractivity contribution in [3.63, 3.8) is 0 Å². The lowest BCUT2D eigenvalue weighted by atomic mass is 9.88. The monoisotopic (exact) mass is 1400 g/mol. The molecule has 0 fully saturated rings. The maximum Gasteiger partial charge on any atom is 0.116 e. The number of pyridine rings is 2. The lowest BCUT2D eigenvalue weighted by Gasteiger charge is -2.36. The highest BCUT2D eigenvalue weighted by Crippen LogP contribution is 2.58. The Morgan fingerprint density at radius 3 is 0.620 bits per heavy atom. The van der Waals surface area contributed by atoms with Crippen molar-refractivity contribution in [2.75, 3.05) is 19.6 Å². The smallest absolute Gasteiger partial charge is 0.116 e. The molecule has 18 nitrogen and oxygen atoms in total. The van der Waals surface area contributed by atoms with Gasteiger partial charge in [-0.15, -0.1) is 0 Å². The zero-order valence-corrected chi connectivity index (χ0v) is 60.1. The molecule has 8 aromatic heterocycles. The Kier molecular flexibility index (Phi) is 14.5. The number of rotatable bonds is 12. The van der Waals surface area contributed by atoms with Crippen LogP contribution < -0.4 is 19.6 Å². The van der Waals surface area contributed by atoms with Crippen LogP contribution in [0, 0.1) is 55.4 Å². The Labute approximate surface area is 618 Å². The molecule has 0 unspecified atom stereocenters. The number of benzene rings is 12. The van der Waals surface area contributed by atoms with Gasteiger partial charge in [0, 0.05) is 149 Å². The van der Waals surface area contributed by atoms with Gasteiger partial charge in [0.1, 0.15) is 38.0 Å². The van der Waals surface area contributed by atoms with Gasteiger partial charge in [-0.25, -0.2) is 59.8 Å². The van der Waals surface area contributed by atoms with Gasteiger partial charge < -0.3 is 19.6 Å². The van der Waals surface area contributed by atoms with E-state index in [4.69, 9.17) is 29.9 Å². The topological polar surface area (TPSA) is 193 Å². The molecule has 0 N–H and O–H groups in total. The average Bonchev–Trinajstić information content (AvgIpc) is 0.694. The Balaban J connectivity index is 1.02. The summed E-state index contributed by atoms with van der Waals surface area (Å²) in [6.45, 7) is 17.5. The minimum atomic E-state index is 0.830. The molecular weight excluding hydrogens is 1330 g/mol. The van der Waals surface area contributed by atoms with Crippen LogP contribution in [-0.4, -0.2) is 69.8 Å². The number of hydrogen-bond acceptors (Lipinski definition) is 18. The highest BCUT2D eigenvalue weighted by atomic mass is 15.2. The van der Waals surface area contributed by atoms with Gasteiger partial charge in [-0.1, -0.05) is 36.4 Å². The summed E-state index contributed by atoms with van der Waals surface area (Å²) in [6.07, 6.45) is 28.8. The summed E-state index contributed by atoms with van der Waals surface area (Å²) < 4.78 is 0. The molecule has 0 radical (unpaired) electrons. The van der Waals surface area contributed by atoms with Crippen molar-refractivity contribution in [3.8, 4) is 0 Å². The van der Waals surface area contributed by atoms with E-state index in [2.05, 4.69) is 260 Å². The van der Waals surface area contributed by atoms with Crippen LogP contribution >= 0.6 is 0 Å². The van der Waals surface area contributed by atoms with Crippen LogP contribution in [0.4, 0.5) is 68.2 Å². The number of aryl methyl sites for hydroxylation is 8. The molecule has 20 rings (SSSR count). The van der Waals surface area contributed by atoms with Gasteiger partial charge in [0.15, 0.2) is 0 Å². The van der Waals surface area contributed by atoms with Crippen LogP contribution in [0.2, 0.25) is 0 Å². The lowest BCUT2D eigenvalue weighted by Crippen LogP contribution is -2.18. The van der Waals surface area contributed by atoms with E-state index < -0.39 is 0 Å². The van der Waals surface area contributed by atoms with E-state index in [0.29, 0.717) is 0 Å². The minimum absolute atomic E-state index is 0.830. The fourth-order valence-corrected chi connectivity index (χ4v) is 16.9. The minimum Gasteiger partial charge on any atom is -0.309 e. The third-order valence-corrected chi connectivity index (χ3v) is 22.2. The molecule has 0 amide bonds. The normalized spacial score (nSPS) is 11.9. The predicted octanol–water partition coefficient (Wildman–Crippen LogP) is 21.7. The average molecular weight is 1400 g/mol. The van der Waals surface area contributed by atoms with E-state index in [1.807, 2.05) is 62.0 Å². The van der Waals surface area contributed by atoms with Crippen molar-refractivity contribution in [2.45, 2.75) is 55.4 Å². The fraction of sp³-hybridized carbons (Fsp3) is 0.0889. The number of nitrogens with zero attached hydrogens (tertiary/aromatic N) is 18. The molecule has 0 spiro atoms. The zero-order valence-electron chi connectivity index (χ0n) is 60.1. The molecular formula is C90H64N18. The fourth-order valence-electron chi connectivity index (χ4n) is 16.9. The highest BCUT2D eigenvalue weighted by molar-refractivity contribution is 6.33. The zero-order chi connectivity index (χ0) is 72.7. The lowest BCUT2D eigenvalue weighted by molar-refractivity contribution is 1.18.